The number of carbonyl (C=O) groups is 1. The minimum Gasteiger partial charge on any atom is -0.433 e. The van der Waals surface area contributed by atoms with E-state index in [9.17, 15) is 4.79 Å². The Morgan fingerprint density at radius 3 is 2.78 bits per heavy atom. The minimum atomic E-state index is -0.268. The van der Waals surface area contributed by atoms with Crippen LogP contribution in [-0.2, 0) is 4.74 Å². The fourth-order valence-electron chi connectivity index (χ4n) is 0.723. The van der Waals surface area contributed by atoms with E-state index < -0.39 is 0 Å². The highest BCUT2D eigenvalue weighted by atomic mass is 127. The molecule has 2 atom stereocenters. The zero-order valence-corrected chi connectivity index (χ0v) is 9.21. The molecule has 1 aliphatic rings. The van der Waals surface area contributed by atoms with E-state index in [0.29, 0.717) is 0 Å². The molecule has 0 bridgehead atoms. The molecule has 0 radical (unpaired) electrons. The van der Waals surface area contributed by atoms with Gasteiger partial charge in [0, 0.05) is 0 Å². The van der Waals surface area contributed by atoms with Gasteiger partial charge in [-0.05, 0) is 22.6 Å². The number of alkyl carbamates (subject to hydrolysis) is 1. The summed E-state index contributed by atoms with van der Waals surface area (Å²) in [5.41, 5.74) is 0. The van der Waals surface area contributed by atoms with Gasteiger partial charge in [0.1, 0.15) is 0 Å². The molecule has 50 valence electrons. The van der Waals surface area contributed by atoms with E-state index in [-0.39, 0.29) is 16.2 Å². The van der Waals surface area contributed by atoms with Gasteiger partial charge in [0.15, 0.2) is 4.11 Å². The van der Waals surface area contributed by atoms with Gasteiger partial charge >= 0.3 is 6.09 Å². The topological polar surface area (TPSA) is 38.3 Å². The molecule has 2 unspecified atom stereocenters. The number of hydrogen-bond donors (Lipinski definition) is 1. The average molecular weight is 255 g/mol. The van der Waals surface area contributed by atoms with Crippen molar-refractivity contribution in [2.45, 2.75) is 15.4 Å². The van der Waals surface area contributed by atoms with E-state index in [0.717, 1.165) is 21.6 Å². The second-order valence-corrected chi connectivity index (χ2v) is 3.96. The molecule has 5 heteroatoms. The van der Waals surface area contributed by atoms with Gasteiger partial charge in [-0.15, -0.1) is 0 Å². The van der Waals surface area contributed by atoms with E-state index >= 15 is 0 Å². The van der Waals surface area contributed by atoms with Crippen molar-refractivity contribution in [3.63, 3.8) is 0 Å². The molecule has 1 aliphatic heterocycles. The second-order valence-electron chi connectivity index (χ2n) is 1.92. The van der Waals surface area contributed by atoms with Gasteiger partial charge in [-0.2, -0.15) is 0 Å². The Morgan fingerprint density at radius 2 is 2.56 bits per heavy atom. The van der Waals surface area contributed by atoms with Gasteiger partial charge in [-0.25, -0.2) is 4.79 Å². The van der Waals surface area contributed by atoms with E-state index in [4.69, 9.17) is 4.74 Å². The van der Waals surface area contributed by atoms with E-state index in [2.05, 4.69) is 27.9 Å². The quantitative estimate of drug-likeness (QED) is 0.404. The molecule has 1 heterocycles. The van der Waals surface area contributed by atoms with Crippen molar-refractivity contribution in [3.05, 3.63) is 0 Å². The Balaban J connectivity index is 2.47. The van der Waals surface area contributed by atoms with Crippen molar-refractivity contribution in [2.75, 3.05) is 0 Å². The van der Waals surface area contributed by atoms with E-state index in [1.165, 1.54) is 0 Å². The summed E-state index contributed by atoms with van der Waals surface area (Å²) in [6, 6.07) is 0.268. The van der Waals surface area contributed by atoms with Crippen molar-refractivity contribution in [2.24, 2.45) is 0 Å². The van der Waals surface area contributed by atoms with Crippen molar-refractivity contribution >= 4 is 45.0 Å². The first-order valence-electron chi connectivity index (χ1n) is 2.85. The smallest absolute Gasteiger partial charge is 0.408 e. The molecular weight excluding hydrogens is 248 g/mol. The van der Waals surface area contributed by atoms with Crippen LogP contribution in [0.5, 0.6) is 0 Å². The number of amides is 1. The van der Waals surface area contributed by atoms with Crippen LogP contribution in [0, 0.1) is 0 Å². The van der Waals surface area contributed by atoms with Crippen LogP contribution in [0.4, 0.5) is 4.79 Å². The lowest BCUT2D eigenvalue weighted by molar-refractivity contribution is 0.172. The van der Waals surface area contributed by atoms with Gasteiger partial charge in [0.2, 0.25) is 16.3 Å². The summed E-state index contributed by atoms with van der Waals surface area (Å²) in [6.45, 7) is 0. The number of rotatable bonds is 1. The molecular formula is C4H7AlINO2. The zero-order chi connectivity index (χ0) is 6.85. The van der Waals surface area contributed by atoms with Crippen LogP contribution in [0.15, 0.2) is 0 Å². The Hall–Kier alpha value is 0.532. The Bertz CT molecular complexity index is 132. The van der Waals surface area contributed by atoms with Gasteiger partial charge in [-0.3, -0.25) is 0 Å². The van der Waals surface area contributed by atoms with Crippen LogP contribution in [0.1, 0.15) is 0 Å². The highest BCUT2D eigenvalue weighted by Gasteiger charge is 2.29. The summed E-state index contributed by atoms with van der Waals surface area (Å²) in [4.78, 5) is 10.5. The molecule has 3 nitrogen and oxygen atoms in total. The summed E-state index contributed by atoms with van der Waals surface area (Å²) >= 11 is 3.24. The van der Waals surface area contributed by atoms with Gasteiger partial charge in [-0.1, -0.05) is 5.28 Å². The maximum Gasteiger partial charge on any atom is 0.408 e. The monoisotopic (exact) mass is 255 g/mol. The largest absolute Gasteiger partial charge is 0.433 e. The minimum absolute atomic E-state index is 0.0487. The van der Waals surface area contributed by atoms with Gasteiger partial charge < -0.3 is 10.1 Å². The molecule has 1 rings (SSSR count). The predicted octanol–water partition coefficient (Wildman–Crippen LogP) is -0.0927. The first-order chi connectivity index (χ1) is 4.24. The summed E-state index contributed by atoms with van der Waals surface area (Å²) in [5, 5.41) is 3.79. The SMILES string of the molecule is O=C1NC([CH2][AlH2])C(I)O1. The Labute approximate surface area is 75.1 Å². The molecule has 1 amide bonds. The third kappa shape index (κ3) is 1.72. The fraction of sp³-hybridized carbons (Fsp3) is 0.750. The van der Waals surface area contributed by atoms with Crippen LogP contribution in [-0.4, -0.2) is 32.5 Å². The molecule has 0 aromatic heterocycles. The van der Waals surface area contributed by atoms with E-state index in [1.54, 1.807) is 0 Å². The molecule has 1 saturated heterocycles. The molecule has 0 spiro atoms. The number of halogens is 1. The van der Waals surface area contributed by atoms with Gasteiger partial charge in [0.25, 0.3) is 0 Å². The number of carbonyl (C=O) groups excluding carboxylic acids is 1. The third-order valence-corrected chi connectivity index (χ3v) is 3.28. The highest BCUT2D eigenvalue weighted by Crippen LogP contribution is 2.16. The van der Waals surface area contributed by atoms with Crippen LogP contribution < -0.4 is 5.32 Å². The maximum absolute atomic E-state index is 10.5. The van der Waals surface area contributed by atoms with Crippen molar-refractivity contribution in [1.29, 1.82) is 0 Å². The van der Waals surface area contributed by atoms with E-state index in [1.807, 2.05) is 0 Å². The molecule has 9 heavy (non-hydrogen) atoms. The molecule has 0 aliphatic carbocycles. The number of cyclic esters (lactones) is 1. The first kappa shape index (κ1) is 7.64. The highest BCUT2D eigenvalue weighted by molar-refractivity contribution is 14.1. The lowest BCUT2D eigenvalue weighted by Crippen LogP contribution is -2.27. The Kier molecular flexibility index (Phi) is 2.62. The lowest BCUT2D eigenvalue weighted by Gasteiger charge is -2.05. The zero-order valence-electron chi connectivity index (χ0n) is 5.06. The predicted molar refractivity (Wildman–Crippen MR) is 44.6 cm³/mol. The standard InChI is InChI=1S/C4H5INO2.Al.2H/c1-2-3(5)8-4(7)6-2;;;/h2-3H,1H2,(H,6,7);;;. The maximum atomic E-state index is 10.5. The van der Waals surface area contributed by atoms with Crippen molar-refractivity contribution in [1.82, 2.24) is 5.32 Å². The van der Waals surface area contributed by atoms with Crippen LogP contribution in [0.2, 0.25) is 5.28 Å². The lowest BCUT2D eigenvalue weighted by atomic mass is 10.4. The number of nitrogens with one attached hydrogen (secondary N) is 1. The molecule has 0 saturated carbocycles. The van der Waals surface area contributed by atoms with Crippen LogP contribution in [0.25, 0.3) is 0 Å². The Morgan fingerprint density at radius 1 is 1.89 bits per heavy atom. The number of ether oxygens (including phenoxy) is 1. The summed E-state index contributed by atoms with van der Waals surface area (Å²) in [5.74, 6) is 0. The fourth-order valence-corrected chi connectivity index (χ4v) is 3.23. The summed E-state index contributed by atoms with van der Waals surface area (Å²) < 4.78 is 4.87. The third-order valence-electron chi connectivity index (χ3n) is 1.28. The van der Waals surface area contributed by atoms with Crippen LogP contribution in [0.3, 0.4) is 0 Å². The normalized spacial score (nSPS) is 33.7. The molecule has 0 aromatic rings. The molecule has 0 aromatic carbocycles. The molecule has 1 fully saturated rings. The van der Waals surface area contributed by atoms with Crippen LogP contribution >= 0.6 is 22.6 Å². The number of alkyl halides is 1. The van der Waals surface area contributed by atoms with Crippen molar-refractivity contribution in [3.8, 4) is 0 Å². The average Bonchev–Trinajstić information content (AvgIpc) is 2.10. The first-order valence-corrected chi connectivity index (χ1v) is 5.51. The van der Waals surface area contributed by atoms with Gasteiger partial charge in [0.05, 0.1) is 6.04 Å². The van der Waals surface area contributed by atoms with Crippen molar-refractivity contribution < 1.29 is 9.53 Å². The molecule has 1 N–H and O–H groups in total. The summed E-state index contributed by atoms with van der Waals surface area (Å²) in [7, 11) is 0. The second kappa shape index (κ2) is 3.08. The number of hydrogen-bond acceptors (Lipinski definition) is 2. The summed E-state index contributed by atoms with van der Waals surface area (Å²) in [6.07, 6.45) is -0.268.